The van der Waals surface area contributed by atoms with E-state index in [-0.39, 0.29) is 0 Å². The van der Waals surface area contributed by atoms with Crippen LogP contribution in [-0.4, -0.2) is 34.2 Å². The molecule has 72 valence electrons. The molecule has 1 rings (SSSR count). The van der Waals surface area contributed by atoms with E-state index in [1.54, 1.807) is 0 Å². The van der Waals surface area contributed by atoms with Crippen LogP contribution in [0.15, 0.2) is 12.2 Å². The Labute approximate surface area is 75.1 Å². The predicted molar refractivity (Wildman–Crippen MR) is 44.4 cm³/mol. The molecular weight excluding hydrogens is 174 g/mol. The van der Waals surface area contributed by atoms with Gasteiger partial charge in [0.15, 0.2) is 0 Å². The minimum absolute atomic E-state index is 0.305. The van der Waals surface area contributed by atoms with Crippen LogP contribution in [0.5, 0.6) is 0 Å². The normalized spacial score (nSPS) is 28.5. The van der Waals surface area contributed by atoms with Crippen molar-refractivity contribution in [1.82, 2.24) is 5.32 Å². The quantitative estimate of drug-likeness (QED) is 0.520. The number of rotatable bonds is 2. The lowest BCUT2D eigenvalue weighted by Crippen LogP contribution is -2.50. The second-order valence-electron chi connectivity index (χ2n) is 3.11. The first kappa shape index (κ1) is 9.73. The first-order valence-corrected chi connectivity index (χ1v) is 3.89. The lowest BCUT2D eigenvalue weighted by molar-refractivity contribution is -0.143. The fourth-order valence-electron chi connectivity index (χ4n) is 1.34. The topological polar surface area (TPSA) is 86.6 Å². The molecule has 2 unspecified atom stereocenters. The summed E-state index contributed by atoms with van der Waals surface area (Å²) in [4.78, 5) is 21.1. The van der Waals surface area contributed by atoms with Crippen molar-refractivity contribution in [1.29, 1.82) is 0 Å². The molecule has 0 bridgehead atoms. The van der Waals surface area contributed by atoms with Gasteiger partial charge in [-0.25, -0.2) is 0 Å². The lowest BCUT2D eigenvalue weighted by Gasteiger charge is -2.27. The molecular formula is C8H11NO4. The van der Waals surface area contributed by atoms with Crippen LogP contribution in [0, 0.1) is 0 Å². The molecule has 1 heterocycles. The van der Waals surface area contributed by atoms with Crippen molar-refractivity contribution in [2.45, 2.75) is 24.9 Å². The summed E-state index contributed by atoms with van der Waals surface area (Å²) in [6, 6.07) is -1.63. The summed E-state index contributed by atoms with van der Waals surface area (Å²) in [6.07, 6.45) is 0.609. The van der Waals surface area contributed by atoms with Crippen LogP contribution in [0.2, 0.25) is 0 Å². The van der Waals surface area contributed by atoms with Crippen molar-refractivity contribution >= 4 is 11.9 Å². The van der Waals surface area contributed by atoms with Crippen LogP contribution >= 0.6 is 0 Å². The highest BCUT2D eigenvalue weighted by Gasteiger charge is 2.31. The number of aliphatic carboxylic acids is 2. The number of piperidine rings is 1. The Morgan fingerprint density at radius 2 is 1.62 bits per heavy atom. The molecule has 0 saturated carbocycles. The molecule has 13 heavy (non-hydrogen) atoms. The Morgan fingerprint density at radius 1 is 1.23 bits per heavy atom. The highest BCUT2D eigenvalue weighted by atomic mass is 16.4. The molecule has 1 aliphatic heterocycles. The van der Waals surface area contributed by atoms with Crippen molar-refractivity contribution in [3.05, 3.63) is 12.2 Å². The van der Waals surface area contributed by atoms with Crippen LogP contribution in [0.1, 0.15) is 12.8 Å². The molecule has 0 amide bonds. The minimum atomic E-state index is -1.04. The van der Waals surface area contributed by atoms with Gasteiger partial charge in [0.1, 0.15) is 12.1 Å². The Hall–Kier alpha value is -1.36. The largest absolute Gasteiger partial charge is 0.480 e. The van der Waals surface area contributed by atoms with Crippen molar-refractivity contribution in [2.24, 2.45) is 0 Å². The first-order chi connectivity index (χ1) is 6.00. The number of hydrogen-bond acceptors (Lipinski definition) is 3. The van der Waals surface area contributed by atoms with Crippen molar-refractivity contribution < 1.29 is 19.8 Å². The summed E-state index contributed by atoms with van der Waals surface area (Å²) in [7, 11) is 0. The average Bonchev–Trinajstić information content (AvgIpc) is 2.03. The fraction of sp³-hybridized carbons (Fsp3) is 0.500. The SMILES string of the molecule is C=C1CC(C(=O)O)NC(C(=O)O)C1. The van der Waals surface area contributed by atoms with E-state index in [1.165, 1.54) is 0 Å². The van der Waals surface area contributed by atoms with Gasteiger partial charge in [0.05, 0.1) is 0 Å². The molecule has 0 aromatic rings. The minimum Gasteiger partial charge on any atom is -0.480 e. The van der Waals surface area contributed by atoms with Gasteiger partial charge in [0.25, 0.3) is 0 Å². The summed E-state index contributed by atoms with van der Waals surface area (Å²) in [5.74, 6) is -2.07. The molecule has 2 atom stereocenters. The highest BCUT2D eigenvalue weighted by molar-refractivity contribution is 5.79. The predicted octanol–water partition coefficient (Wildman–Crippen LogP) is -0.168. The monoisotopic (exact) mass is 185 g/mol. The molecule has 1 saturated heterocycles. The second kappa shape index (κ2) is 3.57. The number of nitrogens with one attached hydrogen (secondary N) is 1. The standard InChI is InChI=1S/C8H11NO4/c1-4-2-5(7(10)11)9-6(3-4)8(12)13/h5-6,9H,1-3H2,(H,10,11)(H,12,13). The summed E-state index contributed by atoms with van der Waals surface area (Å²) in [5, 5.41) is 19.8. The Kier molecular flexibility index (Phi) is 2.67. The van der Waals surface area contributed by atoms with Gasteiger partial charge in [-0.3, -0.25) is 14.9 Å². The van der Waals surface area contributed by atoms with Gasteiger partial charge in [-0.15, -0.1) is 0 Å². The molecule has 5 heteroatoms. The maximum Gasteiger partial charge on any atom is 0.321 e. The fourth-order valence-corrected chi connectivity index (χ4v) is 1.34. The van der Waals surface area contributed by atoms with Crippen LogP contribution < -0.4 is 5.32 Å². The van der Waals surface area contributed by atoms with Gasteiger partial charge in [-0.2, -0.15) is 0 Å². The van der Waals surface area contributed by atoms with E-state index in [1.807, 2.05) is 0 Å². The van der Waals surface area contributed by atoms with Crippen LogP contribution in [0.3, 0.4) is 0 Å². The van der Waals surface area contributed by atoms with Crippen LogP contribution in [-0.2, 0) is 9.59 Å². The molecule has 0 spiro atoms. The summed E-state index contributed by atoms with van der Waals surface area (Å²) < 4.78 is 0. The second-order valence-corrected chi connectivity index (χ2v) is 3.11. The molecule has 5 nitrogen and oxygen atoms in total. The third-order valence-corrected chi connectivity index (χ3v) is 1.98. The van der Waals surface area contributed by atoms with Crippen LogP contribution in [0.25, 0.3) is 0 Å². The number of hydrogen-bond donors (Lipinski definition) is 3. The maximum atomic E-state index is 10.6. The molecule has 1 fully saturated rings. The van der Waals surface area contributed by atoms with E-state index < -0.39 is 24.0 Å². The van der Waals surface area contributed by atoms with Crippen molar-refractivity contribution in [3.63, 3.8) is 0 Å². The summed E-state index contributed by atoms with van der Waals surface area (Å²) in [6.45, 7) is 3.61. The van der Waals surface area contributed by atoms with Gasteiger partial charge in [0, 0.05) is 0 Å². The zero-order valence-corrected chi connectivity index (χ0v) is 6.99. The number of carbonyl (C=O) groups is 2. The van der Waals surface area contributed by atoms with E-state index >= 15 is 0 Å². The van der Waals surface area contributed by atoms with E-state index in [9.17, 15) is 9.59 Å². The molecule has 0 aliphatic carbocycles. The first-order valence-electron chi connectivity index (χ1n) is 3.89. The Bertz CT molecular complexity index is 237. The Balaban J connectivity index is 2.68. The number of carboxylic acid groups (broad SMARTS) is 2. The van der Waals surface area contributed by atoms with E-state index in [0.29, 0.717) is 18.4 Å². The van der Waals surface area contributed by atoms with Crippen molar-refractivity contribution in [2.75, 3.05) is 0 Å². The molecule has 0 aromatic heterocycles. The zero-order chi connectivity index (χ0) is 10.0. The molecule has 3 N–H and O–H groups in total. The smallest absolute Gasteiger partial charge is 0.321 e. The number of carboxylic acids is 2. The third kappa shape index (κ3) is 2.29. The van der Waals surface area contributed by atoms with E-state index in [2.05, 4.69) is 11.9 Å². The van der Waals surface area contributed by atoms with Crippen molar-refractivity contribution in [3.8, 4) is 0 Å². The summed E-state index contributed by atoms with van der Waals surface area (Å²) in [5.41, 5.74) is 0.665. The molecule has 0 radical (unpaired) electrons. The van der Waals surface area contributed by atoms with Gasteiger partial charge in [0.2, 0.25) is 0 Å². The van der Waals surface area contributed by atoms with Gasteiger partial charge in [-0.1, -0.05) is 12.2 Å². The molecule has 1 aliphatic rings. The van der Waals surface area contributed by atoms with E-state index in [0.717, 1.165) is 0 Å². The lowest BCUT2D eigenvalue weighted by atomic mass is 9.94. The summed E-state index contributed by atoms with van der Waals surface area (Å²) >= 11 is 0. The highest BCUT2D eigenvalue weighted by Crippen LogP contribution is 2.17. The average molecular weight is 185 g/mol. The van der Waals surface area contributed by atoms with Gasteiger partial charge < -0.3 is 10.2 Å². The third-order valence-electron chi connectivity index (χ3n) is 1.98. The Morgan fingerprint density at radius 3 is 1.92 bits per heavy atom. The maximum absolute atomic E-state index is 10.6. The van der Waals surface area contributed by atoms with Gasteiger partial charge in [-0.05, 0) is 12.8 Å². The van der Waals surface area contributed by atoms with E-state index in [4.69, 9.17) is 10.2 Å². The zero-order valence-electron chi connectivity index (χ0n) is 6.99. The molecule has 0 aromatic carbocycles. The van der Waals surface area contributed by atoms with Gasteiger partial charge >= 0.3 is 11.9 Å². The van der Waals surface area contributed by atoms with Crippen LogP contribution in [0.4, 0.5) is 0 Å².